The highest BCUT2D eigenvalue weighted by atomic mass is 16.2. The van der Waals surface area contributed by atoms with E-state index in [4.69, 9.17) is 5.73 Å². The van der Waals surface area contributed by atoms with Gasteiger partial charge in [0.1, 0.15) is 6.54 Å². The van der Waals surface area contributed by atoms with Crippen LogP contribution in [0.3, 0.4) is 0 Å². The van der Waals surface area contributed by atoms with E-state index >= 15 is 0 Å². The lowest BCUT2D eigenvalue weighted by molar-refractivity contribution is -0.131. The smallest absolute Gasteiger partial charge is 0.290 e. The van der Waals surface area contributed by atoms with Gasteiger partial charge < -0.3 is 10.6 Å². The minimum absolute atomic E-state index is 0.0934. The standard InChI is InChI=1S/C14H18N6O2/c1-3-10-4-6-11(7-5-10)8-19(2)12(21)9-20-17-14(13(15)22)16-18-20/h4-7H,3,8-9H2,1-2H3,(H2,15,22). The van der Waals surface area contributed by atoms with Gasteiger partial charge in [-0.15, -0.1) is 10.2 Å². The van der Waals surface area contributed by atoms with E-state index in [2.05, 4.69) is 22.3 Å². The quantitative estimate of drug-likeness (QED) is 0.807. The maximum Gasteiger partial charge on any atom is 0.290 e. The second-order valence-electron chi connectivity index (χ2n) is 4.93. The molecule has 0 fully saturated rings. The molecule has 0 aliphatic heterocycles. The van der Waals surface area contributed by atoms with Gasteiger partial charge in [0.05, 0.1) is 0 Å². The molecule has 2 rings (SSSR count). The second kappa shape index (κ2) is 6.79. The Morgan fingerprint density at radius 1 is 1.23 bits per heavy atom. The van der Waals surface area contributed by atoms with Crippen molar-refractivity contribution in [1.82, 2.24) is 25.1 Å². The van der Waals surface area contributed by atoms with E-state index in [1.165, 1.54) is 5.56 Å². The molecule has 116 valence electrons. The third-order valence-electron chi connectivity index (χ3n) is 3.23. The molecule has 1 aromatic heterocycles. The van der Waals surface area contributed by atoms with E-state index in [0.29, 0.717) is 6.54 Å². The predicted octanol–water partition coefficient (Wildman–Crippen LogP) is -0.00700. The number of carbonyl (C=O) groups is 2. The Hall–Kier alpha value is -2.77. The summed E-state index contributed by atoms with van der Waals surface area (Å²) < 4.78 is 0. The average molecular weight is 302 g/mol. The summed E-state index contributed by atoms with van der Waals surface area (Å²) in [5.41, 5.74) is 7.32. The average Bonchev–Trinajstić information content (AvgIpc) is 2.96. The van der Waals surface area contributed by atoms with Gasteiger partial charge in [0.2, 0.25) is 5.91 Å². The highest BCUT2D eigenvalue weighted by Gasteiger charge is 2.14. The van der Waals surface area contributed by atoms with Crippen molar-refractivity contribution in [2.75, 3.05) is 7.05 Å². The van der Waals surface area contributed by atoms with Crippen LogP contribution in [0.1, 0.15) is 28.7 Å². The highest BCUT2D eigenvalue weighted by molar-refractivity contribution is 5.88. The maximum absolute atomic E-state index is 12.1. The molecule has 0 aliphatic carbocycles. The van der Waals surface area contributed by atoms with E-state index < -0.39 is 5.91 Å². The molecule has 0 spiro atoms. The number of carbonyl (C=O) groups excluding carboxylic acids is 2. The molecule has 0 saturated carbocycles. The van der Waals surface area contributed by atoms with Crippen molar-refractivity contribution in [2.24, 2.45) is 5.73 Å². The normalized spacial score (nSPS) is 10.5. The molecule has 22 heavy (non-hydrogen) atoms. The van der Waals surface area contributed by atoms with E-state index in [0.717, 1.165) is 16.8 Å². The molecule has 0 aliphatic rings. The van der Waals surface area contributed by atoms with Gasteiger partial charge in [0.15, 0.2) is 0 Å². The molecule has 2 aromatic rings. The van der Waals surface area contributed by atoms with Crippen LogP contribution in [0.2, 0.25) is 0 Å². The Morgan fingerprint density at radius 3 is 2.41 bits per heavy atom. The van der Waals surface area contributed by atoms with Gasteiger partial charge >= 0.3 is 0 Å². The zero-order valence-corrected chi connectivity index (χ0v) is 12.6. The molecule has 0 atom stereocenters. The lowest BCUT2D eigenvalue weighted by Crippen LogP contribution is -2.30. The molecule has 0 unspecified atom stereocenters. The number of benzene rings is 1. The maximum atomic E-state index is 12.1. The number of nitrogens with zero attached hydrogens (tertiary/aromatic N) is 5. The Balaban J connectivity index is 1.94. The number of nitrogens with two attached hydrogens (primary N) is 1. The third kappa shape index (κ3) is 3.87. The zero-order chi connectivity index (χ0) is 16.1. The van der Waals surface area contributed by atoms with E-state index in [1.807, 2.05) is 24.3 Å². The van der Waals surface area contributed by atoms with Crippen LogP contribution in [-0.4, -0.2) is 44.0 Å². The fraction of sp³-hybridized carbons (Fsp3) is 0.357. The number of rotatable bonds is 6. The summed E-state index contributed by atoms with van der Waals surface area (Å²) in [6, 6.07) is 8.10. The van der Waals surface area contributed by atoms with Crippen LogP contribution < -0.4 is 5.73 Å². The van der Waals surface area contributed by atoms with Crippen molar-refractivity contribution in [3.63, 3.8) is 0 Å². The van der Waals surface area contributed by atoms with Gasteiger partial charge in [-0.25, -0.2) is 0 Å². The van der Waals surface area contributed by atoms with Crippen molar-refractivity contribution in [2.45, 2.75) is 26.4 Å². The van der Waals surface area contributed by atoms with Crippen molar-refractivity contribution >= 4 is 11.8 Å². The molecule has 0 bridgehead atoms. The van der Waals surface area contributed by atoms with Gasteiger partial charge in [-0.1, -0.05) is 31.2 Å². The van der Waals surface area contributed by atoms with Crippen LogP contribution in [-0.2, 0) is 24.3 Å². The van der Waals surface area contributed by atoms with Crippen LogP contribution in [0.4, 0.5) is 0 Å². The van der Waals surface area contributed by atoms with Crippen LogP contribution >= 0.6 is 0 Å². The number of aromatic nitrogens is 4. The number of likely N-dealkylation sites (N-methyl/N-ethyl adjacent to an activating group) is 1. The van der Waals surface area contributed by atoms with Crippen molar-refractivity contribution in [3.8, 4) is 0 Å². The number of hydrogen-bond donors (Lipinski definition) is 1. The second-order valence-corrected chi connectivity index (χ2v) is 4.93. The summed E-state index contributed by atoms with van der Waals surface area (Å²) in [4.78, 5) is 25.6. The van der Waals surface area contributed by atoms with Crippen LogP contribution in [0.5, 0.6) is 0 Å². The monoisotopic (exact) mass is 302 g/mol. The van der Waals surface area contributed by atoms with Crippen LogP contribution in [0.15, 0.2) is 24.3 Å². The molecular weight excluding hydrogens is 284 g/mol. The number of hydrogen-bond acceptors (Lipinski definition) is 5. The molecule has 8 heteroatoms. The SMILES string of the molecule is CCc1ccc(CN(C)C(=O)Cn2nnc(C(N)=O)n2)cc1. The molecule has 2 N–H and O–H groups in total. The Morgan fingerprint density at radius 2 is 1.86 bits per heavy atom. The molecule has 2 amide bonds. The highest BCUT2D eigenvalue weighted by Crippen LogP contribution is 2.07. The first-order chi connectivity index (χ1) is 10.5. The largest absolute Gasteiger partial charge is 0.363 e. The number of aryl methyl sites for hydroxylation is 1. The van der Waals surface area contributed by atoms with Gasteiger partial charge in [-0.2, -0.15) is 4.80 Å². The van der Waals surface area contributed by atoms with Gasteiger partial charge in [0.25, 0.3) is 11.7 Å². The first-order valence-corrected chi connectivity index (χ1v) is 6.89. The first kappa shape index (κ1) is 15.6. The third-order valence-corrected chi connectivity index (χ3v) is 3.23. The zero-order valence-electron chi connectivity index (χ0n) is 12.6. The van der Waals surface area contributed by atoms with E-state index in [9.17, 15) is 9.59 Å². The minimum Gasteiger partial charge on any atom is -0.363 e. The molecule has 1 aromatic carbocycles. The molecule has 0 radical (unpaired) electrons. The van der Waals surface area contributed by atoms with Gasteiger partial charge in [0, 0.05) is 13.6 Å². The van der Waals surface area contributed by atoms with Gasteiger partial charge in [-0.3, -0.25) is 9.59 Å². The number of primary amides is 1. The molecule has 8 nitrogen and oxygen atoms in total. The fourth-order valence-electron chi connectivity index (χ4n) is 1.89. The van der Waals surface area contributed by atoms with Crippen LogP contribution in [0.25, 0.3) is 0 Å². The Kier molecular flexibility index (Phi) is 4.82. The lowest BCUT2D eigenvalue weighted by Gasteiger charge is -2.16. The summed E-state index contributed by atoms with van der Waals surface area (Å²) in [7, 11) is 1.70. The lowest BCUT2D eigenvalue weighted by atomic mass is 10.1. The fourth-order valence-corrected chi connectivity index (χ4v) is 1.89. The summed E-state index contributed by atoms with van der Waals surface area (Å²) >= 11 is 0. The number of tetrazole rings is 1. The van der Waals surface area contributed by atoms with E-state index in [1.54, 1.807) is 11.9 Å². The molecule has 0 saturated heterocycles. The number of amides is 2. The Bertz CT molecular complexity index is 664. The summed E-state index contributed by atoms with van der Waals surface area (Å²) in [5, 5.41) is 10.8. The van der Waals surface area contributed by atoms with Crippen molar-refractivity contribution in [3.05, 3.63) is 41.2 Å². The summed E-state index contributed by atoms with van der Waals surface area (Å²) in [6.07, 6.45) is 0.981. The summed E-state index contributed by atoms with van der Waals surface area (Å²) in [5.74, 6) is -1.17. The topological polar surface area (TPSA) is 107 Å². The first-order valence-electron chi connectivity index (χ1n) is 6.89. The van der Waals surface area contributed by atoms with Crippen molar-refractivity contribution < 1.29 is 9.59 Å². The Labute approximate surface area is 127 Å². The van der Waals surface area contributed by atoms with Crippen molar-refractivity contribution in [1.29, 1.82) is 0 Å². The predicted molar refractivity (Wildman–Crippen MR) is 78.6 cm³/mol. The van der Waals surface area contributed by atoms with E-state index in [-0.39, 0.29) is 18.3 Å². The molecular formula is C14H18N6O2. The minimum atomic E-state index is -0.775. The van der Waals surface area contributed by atoms with Crippen LogP contribution in [0, 0.1) is 0 Å². The van der Waals surface area contributed by atoms with Gasteiger partial charge in [-0.05, 0) is 22.8 Å². The summed E-state index contributed by atoms with van der Waals surface area (Å²) in [6.45, 7) is 2.49. The molecule has 1 heterocycles.